The molecule has 20 heavy (non-hydrogen) atoms. The summed E-state index contributed by atoms with van der Waals surface area (Å²) in [7, 11) is 0. The summed E-state index contributed by atoms with van der Waals surface area (Å²) in [6.45, 7) is 1.88. The number of hydrogen-bond donors (Lipinski definition) is 1. The van der Waals surface area contributed by atoms with Crippen molar-refractivity contribution in [2.45, 2.75) is 12.2 Å². The van der Waals surface area contributed by atoms with E-state index in [2.05, 4.69) is 21.2 Å². The molecule has 1 fully saturated rings. The predicted molar refractivity (Wildman–Crippen MR) is 79.6 cm³/mol. The Labute approximate surface area is 135 Å². The number of piperazine rings is 1. The second-order valence-electron chi connectivity index (χ2n) is 4.40. The molecule has 2 nitrogen and oxygen atoms in total. The molecular weight excluding hydrogens is 380 g/mol. The fourth-order valence-electron chi connectivity index (χ4n) is 2.24. The molecule has 0 radical (unpaired) electrons. The number of alkyl halides is 3. The van der Waals surface area contributed by atoms with Gasteiger partial charge in [-0.25, -0.2) is 0 Å². The van der Waals surface area contributed by atoms with Crippen LogP contribution in [0.25, 0.3) is 0 Å². The van der Waals surface area contributed by atoms with Gasteiger partial charge in [-0.15, -0.1) is 12.4 Å². The van der Waals surface area contributed by atoms with Crippen LogP contribution in [0.2, 0.25) is 5.02 Å². The highest BCUT2D eigenvalue weighted by atomic mass is 79.9. The van der Waals surface area contributed by atoms with E-state index < -0.39 is 12.2 Å². The minimum absolute atomic E-state index is 0. The Morgan fingerprint density at radius 3 is 2.35 bits per heavy atom. The molecule has 0 unspecified atom stereocenters. The zero-order valence-corrected chi connectivity index (χ0v) is 13.5. The summed E-state index contributed by atoms with van der Waals surface area (Å²) in [6, 6.07) is 2.83. The maximum atomic E-state index is 13.4. The standard InChI is InChI=1S/C12H13BrClF3N2.ClH/c13-10-7-8(14)1-2-9(10)11(12(15,16)17)19-5-3-18-4-6-19;/h1-2,7,11,18H,3-6H2;1H/t11-;/m0./s1. The maximum Gasteiger partial charge on any atom is 0.408 e. The van der Waals surface area contributed by atoms with Gasteiger partial charge in [0.05, 0.1) is 0 Å². The highest BCUT2D eigenvalue weighted by Crippen LogP contribution is 2.41. The number of halogens is 6. The SMILES string of the molecule is Cl.FC(F)(F)[C@H](c1ccc(Cl)cc1Br)N1CCNCC1. The fraction of sp³-hybridized carbons (Fsp3) is 0.500. The molecule has 114 valence electrons. The summed E-state index contributed by atoms with van der Waals surface area (Å²) in [6.07, 6.45) is -4.31. The summed E-state index contributed by atoms with van der Waals surface area (Å²) < 4.78 is 40.5. The quantitative estimate of drug-likeness (QED) is 0.815. The highest BCUT2D eigenvalue weighted by molar-refractivity contribution is 9.10. The molecule has 0 aromatic heterocycles. The van der Waals surface area contributed by atoms with E-state index in [4.69, 9.17) is 11.6 Å². The van der Waals surface area contributed by atoms with E-state index >= 15 is 0 Å². The van der Waals surface area contributed by atoms with Crippen molar-refractivity contribution < 1.29 is 13.2 Å². The van der Waals surface area contributed by atoms with E-state index in [0.29, 0.717) is 35.7 Å². The van der Waals surface area contributed by atoms with Crippen molar-refractivity contribution >= 4 is 39.9 Å². The molecule has 0 spiro atoms. The Hall–Kier alpha value is -0.0100. The van der Waals surface area contributed by atoms with E-state index in [0.717, 1.165) is 0 Å². The van der Waals surface area contributed by atoms with Gasteiger partial charge in [0.25, 0.3) is 0 Å². The number of benzene rings is 1. The number of rotatable bonds is 2. The summed E-state index contributed by atoms with van der Waals surface area (Å²) in [5, 5.41) is 3.47. The first-order valence-corrected chi connectivity index (χ1v) is 7.03. The van der Waals surface area contributed by atoms with Gasteiger partial charge in [-0.05, 0) is 17.7 Å². The van der Waals surface area contributed by atoms with Crippen LogP contribution in [0.5, 0.6) is 0 Å². The minimum atomic E-state index is -4.31. The Morgan fingerprint density at radius 1 is 1.25 bits per heavy atom. The van der Waals surface area contributed by atoms with Crippen molar-refractivity contribution in [1.29, 1.82) is 0 Å². The molecule has 1 heterocycles. The molecule has 1 aliphatic rings. The highest BCUT2D eigenvalue weighted by Gasteiger charge is 2.45. The van der Waals surface area contributed by atoms with Gasteiger partial charge in [0, 0.05) is 35.7 Å². The van der Waals surface area contributed by atoms with Gasteiger partial charge in [0.2, 0.25) is 0 Å². The largest absolute Gasteiger partial charge is 0.408 e. The summed E-state index contributed by atoms with van der Waals surface area (Å²) in [5.41, 5.74) is 0.207. The Balaban J connectivity index is 0.00000200. The monoisotopic (exact) mass is 392 g/mol. The van der Waals surface area contributed by atoms with Gasteiger partial charge in [-0.1, -0.05) is 33.6 Å². The summed E-state index contributed by atoms with van der Waals surface area (Å²) in [5.74, 6) is 0. The molecule has 1 aromatic carbocycles. The summed E-state index contributed by atoms with van der Waals surface area (Å²) in [4.78, 5) is 1.45. The maximum absolute atomic E-state index is 13.4. The van der Waals surface area contributed by atoms with Gasteiger partial charge in [-0.3, -0.25) is 4.90 Å². The van der Waals surface area contributed by atoms with E-state index in [9.17, 15) is 13.2 Å². The van der Waals surface area contributed by atoms with Crippen LogP contribution in [0.4, 0.5) is 13.2 Å². The predicted octanol–water partition coefficient (Wildman–Crippen LogP) is 4.03. The van der Waals surface area contributed by atoms with Crippen LogP contribution in [0.15, 0.2) is 22.7 Å². The Bertz CT molecular complexity index is 451. The van der Waals surface area contributed by atoms with E-state index in [1.165, 1.54) is 23.1 Å². The van der Waals surface area contributed by atoms with Gasteiger partial charge in [-0.2, -0.15) is 13.2 Å². The van der Waals surface area contributed by atoms with Crippen molar-refractivity contribution in [2.24, 2.45) is 0 Å². The molecule has 0 saturated carbocycles. The van der Waals surface area contributed by atoms with Crippen LogP contribution in [-0.2, 0) is 0 Å². The van der Waals surface area contributed by atoms with Crippen LogP contribution in [0.1, 0.15) is 11.6 Å². The third kappa shape index (κ3) is 4.24. The van der Waals surface area contributed by atoms with Crippen LogP contribution in [-0.4, -0.2) is 37.3 Å². The molecule has 0 amide bonds. The lowest BCUT2D eigenvalue weighted by Gasteiger charge is -2.36. The molecule has 0 bridgehead atoms. The van der Waals surface area contributed by atoms with Gasteiger partial charge < -0.3 is 5.32 Å². The first-order chi connectivity index (χ1) is 8.89. The van der Waals surface area contributed by atoms with Crippen molar-refractivity contribution in [3.63, 3.8) is 0 Å². The molecule has 1 aromatic rings. The van der Waals surface area contributed by atoms with E-state index in [1.807, 2.05) is 0 Å². The molecule has 1 N–H and O–H groups in total. The van der Waals surface area contributed by atoms with Crippen molar-refractivity contribution in [3.05, 3.63) is 33.3 Å². The lowest BCUT2D eigenvalue weighted by atomic mass is 10.0. The van der Waals surface area contributed by atoms with Crippen molar-refractivity contribution in [2.75, 3.05) is 26.2 Å². The zero-order valence-electron chi connectivity index (χ0n) is 10.4. The summed E-state index contributed by atoms with van der Waals surface area (Å²) >= 11 is 8.97. The van der Waals surface area contributed by atoms with Crippen LogP contribution in [0.3, 0.4) is 0 Å². The molecule has 0 aliphatic carbocycles. The lowest BCUT2D eigenvalue weighted by Crippen LogP contribution is -2.49. The molecule has 1 saturated heterocycles. The molecular formula is C12H14BrCl2F3N2. The van der Waals surface area contributed by atoms with Crippen molar-refractivity contribution in [3.8, 4) is 0 Å². The van der Waals surface area contributed by atoms with Gasteiger partial charge in [0.1, 0.15) is 6.04 Å². The second kappa shape index (κ2) is 7.31. The third-order valence-corrected chi connectivity index (χ3v) is 4.01. The average Bonchev–Trinajstić information content (AvgIpc) is 2.32. The van der Waals surface area contributed by atoms with Crippen LogP contribution >= 0.6 is 39.9 Å². The minimum Gasteiger partial charge on any atom is -0.314 e. The van der Waals surface area contributed by atoms with Crippen molar-refractivity contribution in [1.82, 2.24) is 10.2 Å². The Kier molecular flexibility index (Phi) is 6.60. The van der Waals surface area contributed by atoms with Crippen LogP contribution in [0, 0.1) is 0 Å². The third-order valence-electron chi connectivity index (χ3n) is 3.08. The normalized spacial score (nSPS) is 18.4. The van der Waals surface area contributed by atoms with Gasteiger partial charge >= 0.3 is 6.18 Å². The van der Waals surface area contributed by atoms with Gasteiger partial charge in [0.15, 0.2) is 0 Å². The molecule has 2 rings (SSSR count). The van der Waals surface area contributed by atoms with E-state index in [1.54, 1.807) is 0 Å². The number of nitrogens with one attached hydrogen (secondary N) is 1. The smallest absolute Gasteiger partial charge is 0.314 e. The topological polar surface area (TPSA) is 15.3 Å². The first kappa shape index (κ1) is 18.0. The van der Waals surface area contributed by atoms with Crippen LogP contribution < -0.4 is 5.32 Å². The molecule has 1 atom stereocenters. The lowest BCUT2D eigenvalue weighted by molar-refractivity contribution is -0.188. The average molecular weight is 394 g/mol. The zero-order chi connectivity index (χ0) is 14.0. The van der Waals surface area contributed by atoms with E-state index in [-0.39, 0.29) is 18.0 Å². The molecule has 8 heteroatoms. The number of nitrogens with zero attached hydrogens (tertiary/aromatic N) is 1. The second-order valence-corrected chi connectivity index (χ2v) is 5.69. The molecule has 1 aliphatic heterocycles. The Morgan fingerprint density at radius 2 is 1.85 bits per heavy atom. The fourth-order valence-corrected chi connectivity index (χ4v) is 3.14. The first-order valence-electron chi connectivity index (χ1n) is 5.86. The number of hydrogen-bond acceptors (Lipinski definition) is 2.